The van der Waals surface area contributed by atoms with Crippen LogP contribution in [0.5, 0.6) is 0 Å². The molecule has 0 saturated carbocycles. The molecule has 1 amide bonds. The van der Waals surface area contributed by atoms with E-state index in [0.717, 1.165) is 37.1 Å². The number of rotatable bonds is 4. The van der Waals surface area contributed by atoms with Gasteiger partial charge in [0.05, 0.1) is 5.56 Å². The fourth-order valence-electron chi connectivity index (χ4n) is 4.41. The molecule has 2 aromatic rings. The second kappa shape index (κ2) is 8.24. The Labute approximate surface area is 164 Å². The van der Waals surface area contributed by atoms with Gasteiger partial charge in [-0.05, 0) is 49.7 Å². The highest BCUT2D eigenvalue weighted by Crippen LogP contribution is 2.36. The summed E-state index contributed by atoms with van der Waals surface area (Å²) in [5.74, 6) is -0.00837. The molecule has 1 heterocycles. The number of anilines is 1. The van der Waals surface area contributed by atoms with Gasteiger partial charge >= 0.3 is 0 Å². The SMILES string of the molecule is N#Cc1c(NC(=O)C[NH2+][C@H]2CCCc3ccccc32)sc2c1CCCCC2. The fraction of sp³-hybridized carbons (Fsp3) is 0.455. The van der Waals surface area contributed by atoms with Crippen molar-refractivity contribution in [3.63, 3.8) is 0 Å². The maximum absolute atomic E-state index is 12.6. The molecule has 4 rings (SSSR count). The van der Waals surface area contributed by atoms with Crippen molar-refractivity contribution in [1.82, 2.24) is 0 Å². The lowest BCUT2D eigenvalue weighted by atomic mass is 9.88. The van der Waals surface area contributed by atoms with Crippen LogP contribution in [0.4, 0.5) is 5.00 Å². The van der Waals surface area contributed by atoms with Gasteiger partial charge < -0.3 is 10.6 Å². The predicted octanol–water partition coefficient (Wildman–Crippen LogP) is 3.47. The van der Waals surface area contributed by atoms with Crippen LogP contribution in [-0.2, 0) is 24.1 Å². The third kappa shape index (κ3) is 3.92. The lowest BCUT2D eigenvalue weighted by Gasteiger charge is -2.23. The minimum absolute atomic E-state index is 0.00837. The van der Waals surface area contributed by atoms with Crippen LogP contribution in [0.15, 0.2) is 24.3 Å². The lowest BCUT2D eigenvalue weighted by molar-refractivity contribution is -0.687. The monoisotopic (exact) mass is 380 g/mol. The fourth-order valence-corrected chi connectivity index (χ4v) is 5.67. The van der Waals surface area contributed by atoms with Crippen LogP contribution in [0.25, 0.3) is 0 Å². The normalized spacial score (nSPS) is 18.7. The molecule has 3 N–H and O–H groups in total. The zero-order valence-electron chi connectivity index (χ0n) is 15.6. The first-order valence-corrected chi connectivity index (χ1v) is 10.8. The van der Waals surface area contributed by atoms with Gasteiger partial charge in [-0.1, -0.05) is 30.7 Å². The number of amides is 1. The van der Waals surface area contributed by atoms with Crippen molar-refractivity contribution < 1.29 is 10.1 Å². The van der Waals surface area contributed by atoms with Gasteiger partial charge in [-0.2, -0.15) is 5.26 Å². The summed E-state index contributed by atoms with van der Waals surface area (Å²) in [7, 11) is 0. The molecule has 2 aliphatic carbocycles. The molecule has 5 heteroatoms. The number of quaternary nitrogens is 1. The second-order valence-corrected chi connectivity index (χ2v) is 8.67. The standard InChI is InChI=1S/C22H25N3OS/c23-13-18-17-10-2-1-3-12-20(17)27-22(18)25-21(26)14-24-19-11-6-8-15-7-4-5-9-16(15)19/h4-5,7,9,19,24H,1-3,6,8,10-12,14H2,(H,25,26)/p+1/t19-/m0/s1. The number of fused-ring (bicyclic) bond motifs is 2. The van der Waals surface area contributed by atoms with E-state index in [2.05, 4.69) is 41.0 Å². The van der Waals surface area contributed by atoms with Gasteiger partial charge in [0, 0.05) is 16.9 Å². The molecule has 0 unspecified atom stereocenters. The molecule has 0 aliphatic heterocycles. The molecule has 0 fully saturated rings. The Morgan fingerprint density at radius 3 is 2.93 bits per heavy atom. The van der Waals surface area contributed by atoms with Crippen molar-refractivity contribution in [2.45, 2.75) is 57.4 Å². The Balaban J connectivity index is 1.42. The summed E-state index contributed by atoms with van der Waals surface area (Å²) in [4.78, 5) is 13.9. The number of aryl methyl sites for hydroxylation is 2. The Hall–Kier alpha value is -2.16. The molecule has 140 valence electrons. The maximum Gasteiger partial charge on any atom is 0.280 e. The summed E-state index contributed by atoms with van der Waals surface area (Å²) in [6.07, 6.45) is 8.98. The molecular formula is C22H26N3OS+. The molecule has 0 bridgehead atoms. The number of benzene rings is 1. The highest BCUT2D eigenvalue weighted by Gasteiger charge is 2.24. The molecule has 4 nitrogen and oxygen atoms in total. The van der Waals surface area contributed by atoms with E-state index in [1.807, 2.05) is 0 Å². The number of carbonyl (C=O) groups excluding carboxylic acids is 1. The van der Waals surface area contributed by atoms with E-state index < -0.39 is 0 Å². The lowest BCUT2D eigenvalue weighted by Crippen LogP contribution is -2.87. The van der Waals surface area contributed by atoms with Crippen molar-refractivity contribution in [2.75, 3.05) is 11.9 Å². The van der Waals surface area contributed by atoms with Crippen LogP contribution >= 0.6 is 11.3 Å². The number of nitrogens with two attached hydrogens (primary N) is 1. The van der Waals surface area contributed by atoms with E-state index in [1.54, 1.807) is 11.3 Å². The minimum Gasteiger partial charge on any atom is -0.332 e. The first-order chi connectivity index (χ1) is 13.3. The van der Waals surface area contributed by atoms with Crippen LogP contribution in [-0.4, -0.2) is 12.5 Å². The highest BCUT2D eigenvalue weighted by atomic mass is 32.1. The number of carbonyl (C=O) groups is 1. The zero-order chi connectivity index (χ0) is 18.6. The van der Waals surface area contributed by atoms with Crippen LogP contribution in [0.2, 0.25) is 0 Å². The van der Waals surface area contributed by atoms with Crippen molar-refractivity contribution >= 4 is 22.2 Å². The third-order valence-corrected chi connectivity index (χ3v) is 7.00. The van der Waals surface area contributed by atoms with Gasteiger partial charge in [-0.3, -0.25) is 4.79 Å². The second-order valence-electron chi connectivity index (χ2n) is 7.57. The summed E-state index contributed by atoms with van der Waals surface area (Å²) in [5, 5.41) is 15.5. The van der Waals surface area contributed by atoms with Crippen LogP contribution in [0, 0.1) is 11.3 Å². The van der Waals surface area contributed by atoms with Crippen molar-refractivity contribution in [1.29, 1.82) is 5.26 Å². The van der Waals surface area contributed by atoms with Gasteiger partial charge in [0.15, 0.2) is 6.54 Å². The van der Waals surface area contributed by atoms with Gasteiger partial charge in [0.1, 0.15) is 17.1 Å². The maximum atomic E-state index is 12.6. The van der Waals surface area contributed by atoms with Gasteiger partial charge in [-0.15, -0.1) is 11.3 Å². The number of nitrogens with one attached hydrogen (secondary N) is 1. The van der Waals surface area contributed by atoms with E-state index in [4.69, 9.17) is 0 Å². The van der Waals surface area contributed by atoms with Gasteiger partial charge in [-0.25, -0.2) is 0 Å². The topological polar surface area (TPSA) is 69.5 Å². The predicted molar refractivity (Wildman–Crippen MR) is 108 cm³/mol. The molecule has 1 aromatic carbocycles. The first-order valence-electron chi connectivity index (χ1n) is 10.0. The zero-order valence-corrected chi connectivity index (χ0v) is 16.4. The van der Waals surface area contributed by atoms with E-state index in [0.29, 0.717) is 18.2 Å². The van der Waals surface area contributed by atoms with Crippen LogP contribution < -0.4 is 10.6 Å². The Morgan fingerprint density at radius 2 is 2.04 bits per heavy atom. The van der Waals surface area contributed by atoms with Gasteiger partial charge in [0.2, 0.25) is 0 Å². The van der Waals surface area contributed by atoms with Crippen molar-refractivity contribution in [3.8, 4) is 6.07 Å². The van der Waals surface area contributed by atoms with Crippen LogP contribution in [0.3, 0.4) is 0 Å². The van der Waals surface area contributed by atoms with Crippen molar-refractivity contribution in [2.24, 2.45) is 0 Å². The highest BCUT2D eigenvalue weighted by molar-refractivity contribution is 7.16. The molecule has 1 atom stereocenters. The smallest absolute Gasteiger partial charge is 0.280 e. The summed E-state index contributed by atoms with van der Waals surface area (Å²) >= 11 is 1.61. The summed E-state index contributed by atoms with van der Waals surface area (Å²) < 4.78 is 0. The molecule has 27 heavy (non-hydrogen) atoms. The van der Waals surface area contributed by atoms with E-state index >= 15 is 0 Å². The Bertz CT molecular complexity index is 880. The molecule has 2 aliphatic rings. The third-order valence-electron chi connectivity index (χ3n) is 5.79. The molecule has 0 spiro atoms. The molecule has 1 aromatic heterocycles. The average molecular weight is 381 g/mol. The molecule has 0 saturated heterocycles. The number of thiophene rings is 1. The number of hydrogen-bond donors (Lipinski definition) is 2. The summed E-state index contributed by atoms with van der Waals surface area (Å²) in [6.45, 7) is 0.395. The summed E-state index contributed by atoms with van der Waals surface area (Å²) in [5.41, 5.74) is 4.67. The largest absolute Gasteiger partial charge is 0.332 e. The van der Waals surface area contributed by atoms with E-state index in [9.17, 15) is 10.1 Å². The van der Waals surface area contributed by atoms with Crippen LogP contribution in [0.1, 0.15) is 65.3 Å². The Kier molecular flexibility index (Phi) is 5.56. The summed E-state index contributed by atoms with van der Waals surface area (Å²) in [6, 6.07) is 11.3. The Morgan fingerprint density at radius 1 is 1.19 bits per heavy atom. The number of nitrogens with zero attached hydrogens (tertiary/aromatic N) is 1. The first kappa shape index (κ1) is 18.2. The van der Waals surface area contributed by atoms with E-state index in [1.165, 1.54) is 40.8 Å². The number of hydrogen-bond acceptors (Lipinski definition) is 3. The number of nitriles is 1. The van der Waals surface area contributed by atoms with Crippen molar-refractivity contribution in [3.05, 3.63) is 51.4 Å². The average Bonchev–Trinajstić information content (AvgIpc) is 2.85. The molecule has 0 radical (unpaired) electrons. The molecular weight excluding hydrogens is 354 g/mol. The quantitative estimate of drug-likeness (QED) is 0.798. The van der Waals surface area contributed by atoms with Gasteiger partial charge in [0.25, 0.3) is 5.91 Å². The van der Waals surface area contributed by atoms with E-state index in [-0.39, 0.29) is 5.91 Å². The minimum atomic E-state index is -0.00837.